The van der Waals surface area contributed by atoms with Gasteiger partial charge in [-0.25, -0.2) is 9.97 Å². The van der Waals surface area contributed by atoms with Crippen molar-refractivity contribution in [2.45, 2.75) is 31.0 Å². The highest BCUT2D eigenvalue weighted by Gasteiger charge is 2.53. The van der Waals surface area contributed by atoms with E-state index in [1.165, 1.54) is 11.5 Å². The Balaban J connectivity index is 2.21. The predicted octanol–water partition coefficient (Wildman–Crippen LogP) is -1.08. The van der Waals surface area contributed by atoms with Gasteiger partial charge in [-0.3, -0.25) is 14.7 Å². The van der Waals surface area contributed by atoms with Crippen molar-refractivity contribution in [3.63, 3.8) is 0 Å². The van der Waals surface area contributed by atoms with Crippen LogP contribution in [-0.2, 0) is 4.74 Å². The summed E-state index contributed by atoms with van der Waals surface area (Å²) in [6.07, 6.45) is -1.37. The van der Waals surface area contributed by atoms with Crippen LogP contribution in [0.1, 0.15) is 13.2 Å². The highest BCUT2D eigenvalue weighted by atomic mass is 16.6. The van der Waals surface area contributed by atoms with Crippen LogP contribution in [0.5, 0.6) is 0 Å². The Morgan fingerprint density at radius 2 is 2.26 bits per heavy atom. The molecule has 0 saturated carbocycles. The first kappa shape index (κ1) is 15.6. The van der Waals surface area contributed by atoms with Gasteiger partial charge in [0.15, 0.2) is 11.9 Å². The third-order valence-corrected chi connectivity index (χ3v) is 4.00. The minimum Gasteiger partial charge on any atom is -0.394 e. The molecule has 3 heterocycles. The summed E-state index contributed by atoms with van der Waals surface area (Å²) >= 11 is 0. The number of nitro groups is 1. The van der Waals surface area contributed by atoms with Gasteiger partial charge >= 0.3 is 0 Å². The highest BCUT2D eigenvalue weighted by molar-refractivity contribution is 5.95. The molecule has 1 aliphatic heterocycles. The number of hydrogen-bond acceptors (Lipinski definition) is 9. The van der Waals surface area contributed by atoms with Crippen LogP contribution in [0.25, 0.3) is 11.0 Å². The van der Waals surface area contributed by atoms with E-state index < -0.39 is 35.6 Å². The molecule has 23 heavy (non-hydrogen) atoms. The van der Waals surface area contributed by atoms with Gasteiger partial charge in [0.1, 0.15) is 35.3 Å². The molecule has 4 unspecified atom stereocenters. The van der Waals surface area contributed by atoms with Crippen LogP contribution in [0.2, 0.25) is 0 Å². The third-order valence-electron chi connectivity index (χ3n) is 4.00. The number of nitrogens with two attached hydrogens (primary N) is 1. The molecular formula is C12H15N5O6. The first-order valence-corrected chi connectivity index (χ1v) is 6.71. The third kappa shape index (κ3) is 2.13. The van der Waals surface area contributed by atoms with Crippen molar-refractivity contribution in [1.29, 1.82) is 0 Å². The van der Waals surface area contributed by atoms with E-state index >= 15 is 0 Å². The second-order valence-corrected chi connectivity index (χ2v) is 5.52. The van der Waals surface area contributed by atoms with Gasteiger partial charge in [0, 0.05) is 0 Å². The Labute approximate surface area is 129 Å². The summed E-state index contributed by atoms with van der Waals surface area (Å²) in [5, 5.41) is 41.0. The average molecular weight is 325 g/mol. The fraction of sp³-hybridized carbons (Fsp3) is 0.500. The van der Waals surface area contributed by atoms with Gasteiger partial charge in [0.05, 0.1) is 17.7 Å². The summed E-state index contributed by atoms with van der Waals surface area (Å²) < 4.78 is 6.67. The lowest BCUT2D eigenvalue weighted by atomic mass is 9.96. The zero-order valence-corrected chi connectivity index (χ0v) is 12.0. The van der Waals surface area contributed by atoms with Gasteiger partial charge < -0.3 is 25.8 Å². The van der Waals surface area contributed by atoms with E-state index in [-0.39, 0.29) is 22.5 Å². The van der Waals surface area contributed by atoms with E-state index in [4.69, 9.17) is 10.5 Å². The highest BCUT2D eigenvalue weighted by Crippen LogP contribution is 2.42. The van der Waals surface area contributed by atoms with E-state index in [2.05, 4.69) is 9.97 Å². The van der Waals surface area contributed by atoms with Crippen molar-refractivity contribution >= 4 is 22.5 Å². The van der Waals surface area contributed by atoms with Crippen molar-refractivity contribution < 1.29 is 25.0 Å². The van der Waals surface area contributed by atoms with Crippen molar-refractivity contribution in [1.82, 2.24) is 14.5 Å². The molecule has 0 amide bonds. The standard InChI is InChI=1S/C12H15N5O6/c1-12(20)8(19)6(3-18)23-11(12)16-2-5(17(21)22)7-9(13)14-4-15-10(7)16/h2,4,6,8,11,18-20H,3H2,1H3,(H2,13,14,15). The van der Waals surface area contributed by atoms with Gasteiger partial charge in [0.25, 0.3) is 5.69 Å². The molecule has 0 spiro atoms. The van der Waals surface area contributed by atoms with Crippen molar-refractivity contribution in [3.8, 4) is 0 Å². The Bertz CT molecular complexity index is 775. The van der Waals surface area contributed by atoms with Crippen LogP contribution in [0.15, 0.2) is 12.5 Å². The van der Waals surface area contributed by atoms with Crippen LogP contribution in [0.4, 0.5) is 11.5 Å². The lowest BCUT2D eigenvalue weighted by molar-refractivity contribution is -0.383. The smallest absolute Gasteiger partial charge is 0.300 e. The second kappa shape index (κ2) is 5.09. The number of aliphatic hydroxyl groups excluding tert-OH is 2. The van der Waals surface area contributed by atoms with E-state index in [1.54, 1.807) is 0 Å². The maximum absolute atomic E-state index is 11.2. The van der Waals surface area contributed by atoms with E-state index in [0.717, 1.165) is 12.5 Å². The quantitative estimate of drug-likeness (QED) is 0.405. The molecule has 0 aromatic carbocycles. The summed E-state index contributed by atoms with van der Waals surface area (Å²) in [5.41, 5.74) is 3.63. The minimum atomic E-state index is -1.80. The molecule has 2 aromatic rings. The summed E-state index contributed by atoms with van der Waals surface area (Å²) in [7, 11) is 0. The lowest BCUT2D eigenvalue weighted by Crippen LogP contribution is -2.44. The SMILES string of the molecule is CC1(O)C(O)C(CO)OC1n1cc([N+](=O)[O-])c2c(N)ncnc21. The van der Waals surface area contributed by atoms with Gasteiger partial charge in [-0.2, -0.15) is 0 Å². The fourth-order valence-electron chi connectivity index (χ4n) is 2.80. The molecule has 124 valence electrons. The molecule has 5 N–H and O–H groups in total. The van der Waals surface area contributed by atoms with Gasteiger partial charge in [-0.05, 0) is 6.92 Å². The zero-order valence-electron chi connectivity index (χ0n) is 12.0. The van der Waals surface area contributed by atoms with Crippen molar-refractivity contribution in [3.05, 3.63) is 22.6 Å². The minimum absolute atomic E-state index is 0.0128. The largest absolute Gasteiger partial charge is 0.394 e. The van der Waals surface area contributed by atoms with E-state index in [0.29, 0.717) is 0 Å². The molecule has 11 heteroatoms. The molecule has 1 fully saturated rings. The molecule has 1 saturated heterocycles. The van der Waals surface area contributed by atoms with Crippen molar-refractivity contribution in [2.75, 3.05) is 12.3 Å². The van der Waals surface area contributed by atoms with Crippen LogP contribution in [0.3, 0.4) is 0 Å². The molecule has 1 aliphatic rings. The number of anilines is 1. The summed E-state index contributed by atoms with van der Waals surface area (Å²) in [6, 6.07) is 0. The molecule has 0 bridgehead atoms. The number of ether oxygens (including phenoxy) is 1. The fourth-order valence-corrected chi connectivity index (χ4v) is 2.80. The molecule has 11 nitrogen and oxygen atoms in total. The van der Waals surface area contributed by atoms with Crippen LogP contribution >= 0.6 is 0 Å². The Morgan fingerprint density at radius 3 is 2.83 bits per heavy atom. The molecular weight excluding hydrogens is 310 g/mol. The van der Waals surface area contributed by atoms with Crippen LogP contribution < -0.4 is 5.73 Å². The van der Waals surface area contributed by atoms with Gasteiger partial charge in [-0.1, -0.05) is 0 Å². The summed E-state index contributed by atoms with van der Waals surface area (Å²) in [5.74, 6) is -0.0858. The summed E-state index contributed by atoms with van der Waals surface area (Å²) in [6.45, 7) is 0.784. The van der Waals surface area contributed by atoms with Gasteiger partial charge in [0.2, 0.25) is 0 Å². The zero-order chi connectivity index (χ0) is 16.9. The Kier molecular flexibility index (Phi) is 3.44. The molecule has 3 rings (SSSR count). The normalized spacial score (nSPS) is 30.9. The number of aromatic nitrogens is 3. The average Bonchev–Trinajstić information content (AvgIpc) is 2.97. The second-order valence-electron chi connectivity index (χ2n) is 5.52. The van der Waals surface area contributed by atoms with Gasteiger partial charge in [-0.15, -0.1) is 0 Å². The lowest BCUT2D eigenvalue weighted by Gasteiger charge is -2.27. The van der Waals surface area contributed by atoms with Crippen LogP contribution in [-0.4, -0.2) is 59.2 Å². The Morgan fingerprint density at radius 1 is 1.57 bits per heavy atom. The van der Waals surface area contributed by atoms with E-state index in [1.807, 2.05) is 0 Å². The first-order valence-electron chi connectivity index (χ1n) is 6.71. The van der Waals surface area contributed by atoms with E-state index in [9.17, 15) is 25.4 Å². The number of rotatable bonds is 3. The summed E-state index contributed by atoms with van der Waals surface area (Å²) in [4.78, 5) is 18.3. The topological polar surface area (TPSA) is 170 Å². The monoisotopic (exact) mass is 325 g/mol. The molecule has 0 radical (unpaired) electrons. The number of hydrogen-bond donors (Lipinski definition) is 4. The number of aliphatic hydroxyl groups is 3. The maximum Gasteiger partial charge on any atom is 0.300 e. The number of nitrogen functional groups attached to an aromatic ring is 1. The Hall–Kier alpha value is -2.34. The van der Waals surface area contributed by atoms with Crippen LogP contribution in [0, 0.1) is 10.1 Å². The molecule has 2 aromatic heterocycles. The number of fused-ring (bicyclic) bond motifs is 1. The molecule has 0 aliphatic carbocycles. The first-order chi connectivity index (χ1) is 10.8. The number of nitrogens with zero attached hydrogens (tertiary/aromatic N) is 4. The maximum atomic E-state index is 11.2. The molecule has 4 atom stereocenters. The van der Waals surface area contributed by atoms with Crippen molar-refractivity contribution in [2.24, 2.45) is 0 Å². The predicted molar refractivity (Wildman–Crippen MR) is 76.2 cm³/mol.